The van der Waals surface area contributed by atoms with E-state index in [9.17, 15) is 4.79 Å². The first-order valence-electron chi connectivity index (χ1n) is 6.75. The van der Waals surface area contributed by atoms with E-state index in [1.165, 1.54) is 24.4 Å². The lowest BCUT2D eigenvalue weighted by Gasteiger charge is -2.35. The molecule has 0 aliphatic heterocycles. The molecule has 0 aromatic carbocycles. The summed E-state index contributed by atoms with van der Waals surface area (Å²) >= 11 is 4.92. The van der Waals surface area contributed by atoms with Crippen LogP contribution in [0.4, 0.5) is 0 Å². The highest BCUT2D eigenvalue weighted by Gasteiger charge is 2.31. The van der Waals surface area contributed by atoms with Gasteiger partial charge in [0.1, 0.15) is 4.88 Å². The van der Waals surface area contributed by atoms with Crippen molar-refractivity contribution in [3.05, 3.63) is 10.6 Å². The minimum atomic E-state index is 0.0649. The lowest BCUT2D eigenvalue weighted by atomic mass is 9.94. The second-order valence-electron chi connectivity index (χ2n) is 5.43. The molecule has 19 heavy (non-hydrogen) atoms. The minimum Gasteiger partial charge on any atom is -0.337 e. The van der Waals surface area contributed by atoms with Gasteiger partial charge in [0.25, 0.3) is 5.91 Å². The number of amides is 1. The SMILES string of the molecule is CC(C)c1nnsc1C(=O)N(C)C1CCCCC1Br. The Balaban J connectivity index is 2.16. The van der Waals surface area contributed by atoms with Crippen LogP contribution in [0.5, 0.6) is 0 Å². The molecule has 2 unspecified atom stereocenters. The van der Waals surface area contributed by atoms with E-state index in [2.05, 4.69) is 25.5 Å². The monoisotopic (exact) mass is 345 g/mol. The maximum Gasteiger partial charge on any atom is 0.267 e. The van der Waals surface area contributed by atoms with Gasteiger partial charge in [-0.1, -0.05) is 47.1 Å². The van der Waals surface area contributed by atoms with E-state index in [0.29, 0.717) is 9.70 Å². The summed E-state index contributed by atoms with van der Waals surface area (Å²) in [6.45, 7) is 4.09. The summed E-state index contributed by atoms with van der Waals surface area (Å²) in [5.41, 5.74) is 0.823. The topological polar surface area (TPSA) is 46.1 Å². The van der Waals surface area contributed by atoms with Gasteiger partial charge in [-0.05, 0) is 30.3 Å². The van der Waals surface area contributed by atoms with Crippen molar-refractivity contribution in [1.29, 1.82) is 0 Å². The molecule has 0 saturated heterocycles. The van der Waals surface area contributed by atoms with Gasteiger partial charge >= 0.3 is 0 Å². The van der Waals surface area contributed by atoms with Crippen LogP contribution < -0.4 is 0 Å². The number of hydrogen-bond acceptors (Lipinski definition) is 4. The van der Waals surface area contributed by atoms with Crippen molar-refractivity contribution in [2.24, 2.45) is 0 Å². The zero-order valence-corrected chi connectivity index (χ0v) is 14.0. The van der Waals surface area contributed by atoms with E-state index < -0.39 is 0 Å². The fourth-order valence-electron chi connectivity index (χ4n) is 2.54. The molecule has 1 aliphatic rings. The van der Waals surface area contributed by atoms with Gasteiger partial charge < -0.3 is 4.90 Å². The van der Waals surface area contributed by atoms with Gasteiger partial charge in [0.05, 0.1) is 5.69 Å². The summed E-state index contributed by atoms with van der Waals surface area (Å²) in [5, 5.41) is 4.09. The van der Waals surface area contributed by atoms with Crippen molar-refractivity contribution < 1.29 is 4.79 Å². The molecule has 1 saturated carbocycles. The average molecular weight is 346 g/mol. The first-order valence-corrected chi connectivity index (χ1v) is 8.44. The molecule has 0 spiro atoms. The smallest absolute Gasteiger partial charge is 0.267 e. The first kappa shape index (κ1) is 14.9. The maximum absolute atomic E-state index is 12.6. The largest absolute Gasteiger partial charge is 0.337 e. The van der Waals surface area contributed by atoms with Gasteiger partial charge in [-0.25, -0.2) is 0 Å². The van der Waals surface area contributed by atoms with Crippen molar-refractivity contribution in [1.82, 2.24) is 14.5 Å². The number of alkyl halides is 1. The number of hydrogen-bond donors (Lipinski definition) is 0. The van der Waals surface area contributed by atoms with Gasteiger partial charge in [0.15, 0.2) is 0 Å². The molecule has 1 aromatic heterocycles. The Bertz CT molecular complexity index is 449. The molecule has 1 heterocycles. The molecule has 2 atom stereocenters. The van der Waals surface area contributed by atoms with Crippen LogP contribution >= 0.6 is 27.5 Å². The van der Waals surface area contributed by atoms with E-state index in [1.807, 2.05) is 25.8 Å². The van der Waals surface area contributed by atoms with Crippen molar-refractivity contribution >= 4 is 33.4 Å². The molecule has 4 nitrogen and oxygen atoms in total. The number of halogens is 1. The summed E-state index contributed by atoms with van der Waals surface area (Å²) < 4.78 is 3.94. The molecule has 6 heteroatoms. The van der Waals surface area contributed by atoms with Crippen LogP contribution in [0.3, 0.4) is 0 Å². The summed E-state index contributed by atoms with van der Waals surface area (Å²) in [6, 6.07) is 0.281. The fraction of sp³-hybridized carbons (Fsp3) is 0.769. The molecule has 1 fully saturated rings. The highest BCUT2D eigenvalue weighted by atomic mass is 79.9. The Morgan fingerprint density at radius 1 is 1.42 bits per heavy atom. The summed E-state index contributed by atoms with van der Waals surface area (Å²) in [6.07, 6.45) is 4.65. The zero-order chi connectivity index (χ0) is 14.0. The standard InChI is InChI=1S/C13H20BrN3OS/c1-8(2)11-12(19-16-15-11)13(18)17(3)10-7-5-4-6-9(10)14/h8-10H,4-7H2,1-3H3. The third-order valence-electron chi connectivity index (χ3n) is 3.72. The molecule has 1 aromatic rings. The summed E-state index contributed by atoms with van der Waals surface area (Å²) in [4.78, 5) is 15.6. The second kappa shape index (κ2) is 6.31. The van der Waals surface area contributed by atoms with Crippen molar-refractivity contribution in [3.63, 3.8) is 0 Å². The second-order valence-corrected chi connectivity index (χ2v) is 7.36. The number of carbonyl (C=O) groups is 1. The average Bonchev–Trinajstić information content (AvgIpc) is 2.87. The van der Waals surface area contributed by atoms with Crippen LogP contribution in [0.25, 0.3) is 0 Å². The van der Waals surface area contributed by atoms with E-state index in [1.54, 1.807) is 0 Å². The fourth-order valence-corrected chi connectivity index (χ4v) is 4.28. The number of aromatic nitrogens is 2. The van der Waals surface area contributed by atoms with E-state index in [4.69, 9.17) is 0 Å². The lowest BCUT2D eigenvalue weighted by molar-refractivity contribution is 0.0708. The minimum absolute atomic E-state index is 0.0649. The van der Waals surface area contributed by atoms with Gasteiger partial charge in [0.2, 0.25) is 0 Å². The summed E-state index contributed by atoms with van der Waals surface area (Å²) in [5.74, 6) is 0.298. The molecular formula is C13H20BrN3OS. The number of rotatable bonds is 3. The molecule has 0 bridgehead atoms. The quantitative estimate of drug-likeness (QED) is 0.788. The molecule has 0 radical (unpaired) electrons. The van der Waals surface area contributed by atoms with Crippen LogP contribution in [0.1, 0.15) is 60.8 Å². The van der Waals surface area contributed by atoms with Gasteiger partial charge in [-0.3, -0.25) is 4.79 Å². The van der Waals surface area contributed by atoms with Gasteiger partial charge in [-0.2, -0.15) is 0 Å². The predicted octanol–water partition coefficient (Wildman–Crippen LogP) is 3.44. The van der Waals surface area contributed by atoms with Crippen LogP contribution in [-0.2, 0) is 0 Å². The van der Waals surface area contributed by atoms with E-state index in [0.717, 1.165) is 18.5 Å². The van der Waals surface area contributed by atoms with Crippen LogP contribution in [0.15, 0.2) is 0 Å². The Labute approximate surface area is 126 Å². The highest BCUT2D eigenvalue weighted by molar-refractivity contribution is 9.09. The third-order valence-corrected chi connectivity index (χ3v) is 5.52. The normalized spacial score (nSPS) is 23.6. The summed E-state index contributed by atoms with van der Waals surface area (Å²) in [7, 11) is 1.90. The van der Waals surface area contributed by atoms with Crippen molar-refractivity contribution in [3.8, 4) is 0 Å². The van der Waals surface area contributed by atoms with E-state index >= 15 is 0 Å². The third kappa shape index (κ3) is 3.16. The van der Waals surface area contributed by atoms with E-state index in [-0.39, 0.29) is 17.9 Å². The highest BCUT2D eigenvalue weighted by Crippen LogP contribution is 2.30. The van der Waals surface area contributed by atoms with Crippen LogP contribution in [-0.4, -0.2) is 38.3 Å². The molecule has 2 rings (SSSR count). The Morgan fingerprint density at radius 3 is 2.74 bits per heavy atom. The maximum atomic E-state index is 12.6. The lowest BCUT2D eigenvalue weighted by Crippen LogP contribution is -2.44. The Morgan fingerprint density at radius 2 is 2.11 bits per heavy atom. The zero-order valence-electron chi connectivity index (χ0n) is 11.6. The van der Waals surface area contributed by atoms with Gasteiger partial charge in [0, 0.05) is 17.9 Å². The molecule has 1 aliphatic carbocycles. The van der Waals surface area contributed by atoms with Crippen molar-refractivity contribution in [2.45, 2.75) is 56.3 Å². The molecular weight excluding hydrogens is 326 g/mol. The Hall–Kier alpha value is -0.490. The van der Waals surface area contributed by atoms with Crippen LogP contribution in [0, 0.1) is 0 Å². The molecule has 1 amide bonds. The number of carbonyl (C=O) groups excluding carboxylic acids is 1. The van der Waals surface area contributed by atoms with Crippen LogP contribution in [0.2, 0.25) is 0 Å². The van der Waals surface area contributed by atoms with Gasteiger partial charge in [-0.15, -0.1) is 5.10 Å². The first-order chi connectivity index (χ1) is 9.02. The molecule has 0 N–H and O–H groups in total. The molecule has 106 valence electrons. The Kier molecular flexibility index (Phi) is 4.95. The predicted molar refractivity (Wildman–Crippen MR) is 81.1 cm³/mol. The van der Waals surface area contributed by atoms with Crippen molar-refractivity contribution in [2.75, 3.05) is 7.05 Å². The number of nitrogens with zero attached hydrogens (tertiary/aromatic N) is 3.